The van der Waals surface area contributed by atoms with Gasteiger partial charge in [-0.1, -0.05) is 12.1 Å². The first-order valence-corrected chi connectivity index (χ1v) is 10.4. The van der Waals surface area contributed by atoms with Crippen LogP contribution in [0.1, 0.15) is 20.8 Å². The predicted molar refractivity (Wildman–Crippen MR) is 120 cm³/mol. The molecule has 2 aromatic carbocycles. The van der Waals surface area contributed by atoms with Gasteiger partial charge in [-0.25, -0.2) is 4.79 Å². The molecule has 0 amide bonds. The van der Waals surface area contributed by atoms with Crippen molar-refractivity contribution in [3.05, 3.63) is 74.1 Å². The smallest absolute Gasteiger partial charge is 0.353 e. The summed E-state index contributed by atoms with van der Waals surface area (Å²) in [6.07, 6.45) is 0. The van der Waals surface area contributed by atoms with Gasteiger partial charge in [-0.15, -0.1) is 11.3 Å². The van der Waals surface area contributed by atoms with Gasteiger partial charge in [0.15, 0.2) is 17.3 Å². The van der Waals surface area contributed by atoms with Crippen LogP contribution in [0.4, 0.5) is 0 Å². The lowest BCUT2D eigenvalue weighted by molar-refractivity contribution is 0.0736. The number of benzene rings is 2. The fraction of sp³-hybridized carbons (Fsp3) is 0.167. The minimum Gasteiger partial charge on any atom is -0.493 e. The van der Waals surface area contributed by atoms with Gasteiger partial charge in [0.2, 0.25) is 11.2 Å². The Morgan fingerprint density at radius 1 is 1.00 bits per heavy atom. The van der Waals surface area contributed by atoms with Crippen LogP contribution in [0.15, 0.2) is 57.1 Å². The van der Waals surface area contributed by atoms with Crippen LogP contribution in [0.25, 0.3) is 22.3 Å². The van der Waals surface area contributed by atoms with Crippen molar-refractivity contribution in [1.82, 2.24) is 0 Å². The summed E-state index contributed by atoms with van der Waals surface area (Å²) < 4.78 is 22.4. The van der Waals surface area contributed by atoms with Gasteiger partial charge in [-0.2, -0.15) is 0 Å². The number of rotatable bonds is 5. The van der Waals surface area contributed by atoms with Crippen LogP contribution >= 0.6 is 11.3 Å². The van der Waals surface area contributed by atoms with Crippen LogP contribution in [0.5, 0.6) is 17.2 Å². The van der Waals surface area contributed by atoms with Crippen LogP contribution in [0.3, 0.4) is 0 Å². The predicted octanol–water partition coefficient (Wildman–Crippen LogP) is 5.37. The van der Waals surface area contributed by atoms with Gasteiger partial charge in [0.1, 0.15) is 10.5 Å². The van der Waals surface area contributed by atoms with Gasteiger partial charge in [0, 0.05) is 5.56 Å². The maximum absolute atomic E-state index is 13.4. The van der Waals surface area contributed by atoms with Gasteiger partial charge >= 0.3 is 5.97 Å². The molecule has 0 aliphatic rings. The highest BCUT2D eigenvalue weighted by atomic mass is 32.1. The Balaban J connectivity index is 1.98. The Morgan fingerprint density at radius 2 is 1.77 bits per heavy atom. The van der Waals surface area contributed by atoms with Crippen molar-refractivity contribution in [2.45, 2.75) is 13.8 Å². The third kappa shape index (κ3) is 3.80. The standard InChI is InChI=1S/C24H20O6S/c1-13-10-14(2)20-18(11-13)29-22(15-7-8-16(27-3)17(12-15)28-4)23(21(20)25)30-24(26)19-6-5-9-31-19/h5-12H,1-4H3. The van der Waals surface area contributed by atoms with Gasteiger partial charge in [0.25, 0.3) is 0 Å². The topological polar surface area (TPSA) is 75.0 Å². The average molecular weight is 436 g/mol. The van der Waals surface area contributed by atoms with Gasteiger partial charge in [-0.05, 0) is 60.7 Å². The molecule has 0 aliphatic heterocycles. The number of ether oxygens (including phenoxy) is 3. The summed E-state index contributed by atoms with van der Waals surface area (Å²) >= 11 is 1.23. The monoisotopic (exact) mass is 436 g/mol. The summed E-state index contributed by atoms with van der Waals surface area (Å²) in [5.41, 5.74) is 2.23. The quantitative estimate of drug-likeness (QED) is 0.391. The lowest BCUT2D eigenvalue weighted by Crippen LogP contribution is -2.16. The normalized spacial score (nSPS) is 10.8. The third-order valence-electron chi connectivity index (χ3n) is 4.86. The second-order valence-corrected chi connectivity index (χ2v) is 7.93. The molecular weight excluding hydrogens is 416 g/mol. The van der Waals surface area contributed by atoms with E-state index < -0.39 is 11.4 Å². The number of esters is 1. The molecule has 31 heavy (non-hydrogen) atoms. The van der Waals surface area contributed by atoms with Crippen LogP contribution in [-0.4, -0.2) is 20.2 Å². The first-order valence-electron chi connectivity index (χ1n) is 9.49. The zero-order valence-electron chi connectivity index (χ0n) is 17.5. The van der Waals surface area contributed by atoms with Crippen molar-refractivity contribution >= 4 is 28.3 Å². The summed E-state index contributed by atoms with van der Waals surface area (Å²) in [5, 5.41) is 2.14. The molecule has 4 aromatic rings. The molecule has 0 atom stereocenters. The zero-order valence-corrected chi connectivity index (χ0v) is 18.3. The molecule has 158 valence electrons. The van der Waals surface area contributed by atoms with Crippen LogP contribution in [-0.2, 0) is 0 Å². The summed E-state index contributed by atoms with van der Waals surface area (Å²) in [4.78, 5) is 26.5. The number of hydrogen-bond acceptors (Lipinski definition) is 7. The number of methoxy groups -OCH3 is 2. The second-order valence-electron chi connectivity index (χ2n) is 6.98. The first-order chi connectivity index (χ1) is 14.9. The third-order valence-corrected chi connectivity index (χ3v) is 5.71. The maximum Gasteiger partial charge on any atom is 0.353 e. The van der Waals surface area contributed by atoms with Crippen LogP contribution < -0.4 is 19.6 Å². The highest BCUT2D eigenvalue weighted by Gasteiger charge is 2.23. The Morgan fingerprint density at radius 3 is 2.45 bits per heavy atom. The molecule has 0 aliphatic carbocycles. The lowest BCUT2D eigenvalue weighted by Gasteiger charge is -2.13. The Hall–Kier alpha value is -3.58. The summed E-state index contributed by atoms with van der Waals surface area (Å²) in [6, 6.07) is 12.2. The van der Waals surface area contributed by atoms with Crippen molar-refractivity contribution in [2.75, 3.05) is 14.2 Å². The Labute approximate surface area is 182 Å². The summed E-state index contributed by atoms with van der Waals surface area (Å²) in [7, 11) is 3.05. The van der Waals surface area contributed by atoms with E-state index in [1.54, 1.807) is 41.8 Å². The Kier molecular flexibility index (Phi) is 5.52. The average Bonchev–Trinajstić information content (AvgIpc) is 3.29. The van der Waals surface area contributed by atoms with Crippen molar-refractivity contribution in [3.8, 4) is 28.6 Å². The number of thiophene rings is 1. The fourth-order valence-electron chi connectivity index (χ4n) is 3.47. The highest BCUT2D eigenvalue weighted by Crippen LogP contribution is 2.37. The molecule has 0 saturated heterocycles. The van der Waals surface area contributed by atoms with Crippen molar-refractivity contribution < 1.29 is 23.4 Å². The maximum atomic E-state index is 13.4. The van der Waals surface area contributed by atoms with Crippen molar-refractivity contribution in [1.29, 1.82) is 0 Å². The first kappa shape index (κ1) is 20.7. The molecule has 0 fully saturated rings. The van der Waals surface area contributed by atoms with Crippen LogP contribution in [0.2, 0.25) is 0 Å². The van der Waals surface area contributed by atoms with Gasteiger partial charge in [-0.3, -0.25) is 4.79 Å². The molecule has 2 aromatic heterocycles. The van der Waals surface area contributed by atoms with E-state index in [1.807, 2.05) is 19.9 Å². The minimum atomic E-state index is -0.617. The largest absolute Gasteiger partial charge is 0.493 e. The number of carbonyl (C=O) groups is 1. The Bertz CT molecular complexity index is 1330. The number of fused-ring (bicyclic) bond motifs is 1. The molecule has 0 radical (unpaired) electrons. The van der Waals surface area contributed by atoms with Crippen molar-refractivity contribution in [2.24, 2.45) is 0 Å². The fourth-order valence-corrected chi connectivity index (χ4v) is 4.07. The summed E-state index contributed by atoms with van der Waals surface area (Å²) in [6.45, 7) is 3.75. The van der Waals surface area contributed by atoms with E-state index in [9.17, 15) is 9.59 Å². The molecule has 0 saturated carbocycles. The molecule has 0 N–H and O–H groups in total. The van der Waals surface area contributed by atoms with E-state index in [0.29, 0.717) is 32.9 Å². The molecule has 0 unspecified atom stereocenters. The van der Waals surface area contributed by atoms with Crippen molar-refractivity contribution in [3.63, 3.8) is 0 Å². The number of hydrogen-bond donors (Lipinski definition) is 0. The van der Waals surface area contributed by atoms with Gasteiger partial charge < -0.3 is 18.6 Å². The SMILES string of the molecule is COc1ccc(-c2oc3cc(C)cc(C)c3c(=O)c2OC(=O)c2cccs2)cc1OC. The van der Waals surface area contributed by atoms with E-state index in [4.69, 9.17) is 18.6 Å². The minimum absolute atomic E-state index is 0.147. The summed E-state index contributed by atoms with van der Waals surface area (Å²) in [5.74, 6) is 0.350. The molecule has 0 spiro atoms. The molecule has 4 rings (SSSR count). The second kappa shape index (κ2) is 8.28. The van der Waals surface area contributed by atoms with Gasteiger partial charge in [0.05, 0.1) is 19.6 Å². The van der Waals surface area contributed by atoms with E-state index in [1.165, 1.54) is 25.6 Å². The molecule has 7 heteroatoms. The van der Waals surface area contributed by atoms with Crippen LogP contribution in [0, 0.1) is 13.8 Å². The lowest BCUT2D eigenvalue weighted by atomic mass is 10.0. The highest BCUT2D eigenvalue weighted by molar-refractivity contribution is 7.12. The number of aryl methyl sites for hydroxylation is 2. The molecule has 6 nitrogen and oxygen atoms in total. The zero-order chi connectivity index (χ0) is 22.1. The molecule has 2 heterocycles. The van der Waals surface area contributed by atoms with E-state index in [2.05, 4.69) is 0 Å². The van der Waals surface area contributed by atoms with E-state index in [0.717, 1.165) is 11.1 Å². The molecular formula is C24H20O6S. The van der Waals surface area contributed by atoms with E-state index >= 15 is 0 Å². The number of carbonyl (C=O) groups excluding carboxylic acids is 1. The van der Waals surface area contributed by atoms with E-state index in [-0.39, 0.29) is 11.5 Å². The molecule has 0 bridgehead atoms.